The largest absolute Gasteiger partial charge is 0.384 e. The molecule has 1 aromatic carbocycles. The van der Waals surface area contributed by atoms with Crippen molar-refractivity contribution in [3.8, 4) is 0 Å². The molecule has 0 aliphatic rings. The lowest BCUT2D eigenvalue weighted by molar-refractivity contribution is 0.778. The highest BCUT2D eigenvalue weighted by atomic mass is 35.5. The summed E-state index contributed by atoms with van der Waals surface area (Å²) in [5.74, 6) is 0.690. The van der Waals surface area contributed by atoms with E-state index in [-0.39, 0.29) is 0 Å². The van der Waals surface area contributed by atoms with Gasteiger partial charge in [0.05, 0.1) is 6.20 Å². The molecule has 0 radical (unpaired) electrons. The van der Waals surface area contributed by atoms with E-state index in [4.69, 9.17) is 17.3 Å². The highest BCUT2D eigenvalue weighted by molar-refractivity contribution is 6.31. The van der Waals surface area contributed by atoms with Crippen LogP contribution in [0, 0.1) is 0 Å². The third-order valence-electron chi connectivity index (χ3n) is 2.40. The van der Waals surface area contributed by atoms with Crippen molar-refractivity contribution in [3.63, 3.8) is 0 Å². The van der Waals surface area contributed by atoms with E-state index in [1.54, 1.807) is 10.9 Å². The molecule has 0 unspecified atom stereocenters. The molecule has 3 nitrogen and oxygen atoms in total. The van der Waals surface area contributed by atoms with Gasteiger partial charge in [-0.15, -0.1) is 0 Å². The Kier molecular flexibility index (Phi) is 2.64. The Balaban J connectivity index is 2.30. The second kappa shape index (κ2) is 3.95. The molecule has 0 aliphatic carbocycles. The lowest BCUT2D eigenvalue weighted by Gasteiger charge is -2.03. The normalized spacial score (nSPS) is 10.5. The van der Waals surface area contributed by atoms with Crippen LogP contribution in [-0.4, -0.2) is 9.78 Å². The fraction of sp³-hybridized carbons (Fsp3) is 0.182. The molecular formula is C11H12ClN3. The fourth-order valence-electron chi connectivity index (χ4n) is 1.48. The number of nitrogens with zero attached hydrogens (tertiary/aromatic N) is 2. The number of anilines is 1. The minimum absolute atomic E-state index is 0.690. The summed E-state index contributed by atoms with van der Waals surface area (Å²) in [7, 11) is 1.82. The first-order chi connectivity index (χ1) is 7.18. The SMILES string of the molecule is Cn1ncc(Cc2ccccc2Cl)c1N. The number of nitrogens with two attached hydrogens (primary N) is 1. The zero-order valence-corrected chi connectivity index (χ0v) is 9.20. The van der Waals surface area contributed by atoms with Crippen molar-refractivity contribution in [3.05, 3.63) is 46.6 Å². The first kappa shape index (κ1) is 10.1. The van der Waals surface area contributed by atoms with E-state index in [1.807, 2.05) is 31.3 Å². The summed E-state index contributed by atoms with van der Waals surface area (Å²) in [6, 6.07) is 7.75. The third kappa shape index (κ3) is 1.97. The molecule has 0 fully saturated rings. The zero-order chi connectivity index (χ0) is 10.8. The predicted octanol–water partition coefficient (Wildman–Crippen LogP) is 2.25. The van der Waals surface area contributed by atoms with E-state index in [2.05, 4.69) is 5.10 Å². The number of nitrogen functional groups attached to an aromatic ring is 1. The van der Waals surface area contributed by atoms with Crippen LogP contribution < -0.4 is 5.73 Å². The summed E-state index contributed by atoms with van der Waals surface area (Å²) in [5.41, 5.74) is 7.93. The van der Waals surface area contributed by atoms with Gasteiger partial charge in [-0.05, 0) is 11.6 Å². The van der Waals surface area contributed by atoms with Crippen LogP contribution >= 0.6 is 11.6 Å². The van der Waals surface area contributed by atoms with Crippen LogP contribution in [0.25, 0.3) is 0 Å². The van der Waals surface area contributed by atoms with Gasteiger partial charge in [0.2, 0.25) is 0 Å². The average Bonchev–Trinajstić information content (AvgIpc) is 2.53. The van der Waals surface area contributed by atoms with Gasteiger partial charge in [0.1, 0.15) is 5.82 Å². The summed E-state index contributed by atoms with van der Waals surface area (Å²) in [5, 5.41) is 4.86. The van der Waals surface area contributed by atoms with Crippen LogP contribution in [0.1, 0.15) is 11.1 Å². The third-order valence-corrected chi connectivity index (χ3v) is 2.77. The predicted molar refractivity (Wildman–Crippen MR) is 61.9 cm³/mol. The van der Waals surface area contributed by atoms with Crippen molar-refractivity contribution >= 4 is 17.4 Å². The lowest BCUT2D eigenvalue weighted by atomic mass is 10.1. The molecule has 0 saturated heterocycles. The highest BCUT2D eigenvalue weighted by Gasteiger charge is 2.07. The number of hydrogen-bond donors (Lipinski definition) is 1. The number of aromatic nitrogens is 2. The van der Waals surface area contributed by atoms with Crippen LogP contribution in [0.3, 0.4) is 0 Å². The Morgan fingerprint density at radius 1 is 1.33 bits per heavy atom. The standard InChI is InChI=1S/C11H12ClN3/c1-15-11(13)9(7-14-15)6-8-4-2-3-5-10(8)12/h2-5,7H,6,13H2,1H3. The van der Waals surface area contributed by atoms with Gasteiger partial charge >= 0.3 is 0 Å². The molecular weight excluding hydrogens is 210 g/mol. The van der Waals surface area contributed by atoms with Crippen molar-refractivity contribution in [2.45, 2.75) is 6.42 Å². The van der Waals surface area contributed by atoms with Gasteiger partial charge < -0.3 is 5.73 Å². The van der Waals surface area contributed by atoms with Gasteiger partial charge in [0.15, 0.2) is 0 Å². The van der Waals surface area contributed by atoms with E-state index < -0.39 is 0 Å². The molecule has 78 valence electrons. The van der Waals surface area contributed by atoms with Crippen molar-refractivity contribution in [1.82, 2.24) is 9.78 Å². The summed E-state index contributed by atoms with van der Waals surface area (Å²) >= 11 is 6.07. The fourth-order valence-corrected chi connectivity index (χ4v) is 1.68. The molecule has 2 rings (SSSR count). The second-order valence-electron chi connectivity index (χ2n) is 3.45. The van der Waals surface area contributed by atoms with Gasteiger partial charge in [0.25, 0.3) is 0 Å². The number of hydrogen-bond acceptors (Lipinski definition) is 2. The number of aryl methyl sites for hydroxylation is 1. The quantitative estimate of drug-likeness (QED) is 0.846. The molecule has 0 spiro atoms. The van der Waals surface area contributed by atoms with Gasteiger partial charge in [-0.1, -0.05) is 29.8 Å². The average molecular weight is 222 g/mol. The monoisotopic (exact) mass is 221 g/mol. The number of rotatable bonds is 2. The van der Waals surface area contributed by atoms with E-state index in [1.165, 1.54) is 0 Å². The maximum Gasteiger partial charge on any atom is 0.124 e. The Morgan fingerprint density at radius 2 is 2.07 bits per heavy atom. The van der Waals surface area contributed by atoms with Crippen LogP contribution in [0.2, 0.25) is 5.02 Å². The summed E-state index contributed by atoms with van der Waals surface area (Å²) in [6.07, 6.45) is 2.50. The first-order valence-electron chi connectivity index (χ1n) is 4.68. The summed E-state index contributed by atoms with van der Waals surface area (Å²) < 4.78 is 1.66. The molecule has 0 aliphatic heterocycles. The summed E-state index contributed by atoms with van der Waals surface area (Å²) in [6.45, 7) is 0. The van der Waals surface area contributed by atoms with Gasteiger partial charge in [0, 0.05) is 24.1 Å². The number of benzene rings is 1. The van der Waals surface area contributed by atoms with Crippen molar-refractivity contribution in [2.24, 2.45) is 7.05 Å². The molecule has 0 amide bonds. The lowest BCUT2D eigenvalue weighted by Crippen LogP contribution is -2.00. The van der Waals surface area contributed by atoms with Crippen molar-refractivity contribution < 1.29 is 0 Å². The molecule has 2 aromatic rings. The second-order valence-corrected chi connectivity index (χ2v) is 3.85. The van der Waals surface area contributed by atoms with Crippen LogP contribution in [0.5, 0.6) is 0 Å². The number of halogens is 1. The van der Waals surface area contributed by atoms with Crippen LogP contribution in [0.4, 0.5) is 5.82 Å². The topological polar surface area (TPSA) is 43.8 Å². The van der Waals surface area contributed by atoms with E-state index in [9.17, 15) is 0 Å². The smallest absolute Gasteiger partial charge is 0.124 e. The maximum atomic E-state index is 6.07. The van der Waals surface area contributed by atoms with Gasteiger partial charge in [-0.3, -0.25) is 4.68 Å². The Bertz CT molecular complexity index is 476. The maximum absolute atomic E-state index is 6.07. The molecule has 0 bridgehead atoms. The van der Waals surface area contributed by atoms with Crippen LogP contribution in [0.15, 0.2) is 30.5 Å². The molecule has 0 atom stereocenters. The van der Waals surface area contributed by atoms with Gasteiger partial charge in [-0.25, -0.2) is 0 Å². The van der Waals surface area contributed by atoms with Crippen molar-refractivity contribution in [1.29, 1.82) is 0 Å². The van der Waals surface area contributed by atoms with E-state index in [0.29, 0.717) is 5.82 Å². The first-order valence-corrected chi connectivity index (χ1v) is 5.06. The Labute approximate surface area is 93.5 Å². The van der Waals surface area contributed by atoms with E-state index >= 15 is 0 Å². The van der Waals surface area contributed by atoms with Crippen LogP contribution in [-0.2, 0) is 13.5 Å². The highest BCUT2D eigenvalue weighted by Crippen LogP contribution is 2.21. The molecule has 15 heavy (non-hydrogen) atoms. The summed E-state index contributed by atoms with van der Waals surface area (Å²) in [4.78, 5) is 0. The molecule has 4 heteroatoms. The molecule has 1 heterocycles. The molecule has 1 aromatic heterocycles. The minimum atomic E-state index is 0.690. The molecule has 0 saturated carbocycles. The Hall–Kier alpha value is -1.48. The molecule has 2 N–H and O–H groups in total. The minimum Gasteiger partial charge on any atom is -0.384 e. The van der Waals surface area contributed by atoms with Crippen molar-refractivity contribution in [2.75, 3.05) is 5.73 Å². The van der Waals surface area contributed by atoms with E-state index in [0.717, 1.165) is 22.6 Å². The zero-order valence-electron chi connectivity index (χ0n) is 8.44. The van der Waals surface area contributed by atoms with Gasteiger partial charge in [-0.2, -0.15) is 5.10 Å². The Morgan fingerprint density at radius 3 is 2.67 bits per heavy atom.